The van der Waals surface area contributed by atoms with Gasteiger partial charge in [0.1, 0.15) is 12.4 Å². The lowest BCUT2D eigenvalue weighted by molar-refractivity contribution is 0.0885. The van der Waals surface area contributed by atoms with Crippen LogP contribution >= 0.6 is 0 Å². The van der Waals surface area contributed by atoms with Crippen molar-refractivity contribution in [2.24, 2.45) is 0 Å². The Labute approximate surface area is 160 Å². The standard InChI is InChI=1S/C18H18FN7O2/c19-13-9-20-18(21-10-13)28-16-6-4-14(5-7-16)23-17(27)12-2-1-3-15(8-12)26-11-22-24-25-26/h1-3,8-11,14,16H,4-7H2,(H,23,27). The lowest BCUT2D eigenvalue weighted by Gasteiger charge is -2.28. The third-order valence-electron chi connectivity index (χ3n) is 4.60. The predicted molar refractivity (Wildman–Crippen MR) is 95.3 cm³/mol. The number of benzene rings is 1. The van der Waals surface area contributed by atoms with Gasteiger partial charge in [-0.2, -0.15) is 0 Å². The largest absolute Gasteiger partial charge is 0.460 e. The highest BCUT2D eigenvalue weighted by Crippen LogP contribution is 2.22. The molecular weight excluding hydrogens is 365 g/mol. The molecule has 3 aromatic rings. The van der Waals surface area contributed by atoms with Crippen LogP contribution < -0.4 is 10.1 Å². The zero-order chi connectivity index (χ0) is 19.3. The first kappa shape index (κ1) is 18.0. The van der Waals surface area contributed by atoms with Gasteiger partial charge in [0.05, 0.1) is 18.1 Å². The van der Waals surface area contributed by atoms with Crippen molar-refractivity contribution in [3.05, 3.63) is 54.4 Å². The molecule has 1 saturated carbocycles. The van der Waals surface area contributed by atoms with Crippen molar-refractivity contribution in [3.8, 4) is 11.7 Å². The van der Waals surface area contributed by atoms with E-state index in [0.29, 0.717) is 11.3 Å². The van der Waals surface area contributed by atoms with E-state index in [0.717, 1.165) is 38.1 Å². The van der Waals surface area contributed by atoms with Gasteiger partial charge in [-0.05, 0) is 54.3 Å². The molecule has 0 unspecified atom stereocenters. The van der Waals surface area contributed by atoms with Crippen LogP contribution in [0.4, 0.5) is 4.39 Å². The van der Waals surface area contributed by atoms with E-state index < -0.39 is 5.82 Å². The lowest BCUT2D eigenvalue weighted by atomic mass is 9.92. The van der Waals surface area contributed by atoms with E-state index in [1.807, 2.05) is 6.07 Å². The van der Waals surface area contributed by atoms with Crippen molar-refractivity contribution in [1.82, 2.24) is 35.5 Å². The fraction of sp³-hybridized carbons (Fsp3) is 0.333. The molecule has 4 rings (SSSR count). The summed E-state index contributed by atoms with van der Waals surface area (Å²) in [5.74, 6) is -0.635. The van der Waals surface area contributed by atoms with Crippen molar-refractivity contribution in [1.29, 1.82) is 0 Å². The third kappa shape index (κ3) is 4.27. The van der Waals surface area contributed by atoms with Gasteiger partial charge in [0.15, 0.2) is 5.82 Å². The second-order valence-electron chi connectivity index (χ2n) is 6.55. The monoisotopic (exact) mass is 383 g/mol. The van der Waals surface area contributed by atoms with Crippen LogP contribution in [0.5, 0.6) is 6.01 Å². The summed E-state index contributed by atoms with van der Waals surface area (Å²) in [6.07, 6.45) is 6.68. The number of tetrazole rings is 1. The van der Waals surface area contributed by atoms with E-state index >= 15 is 0 Å². The van der Waals surface area contributed by atoms with Gasteiger partial charge in [0.2, 0.25) is 0 Å². The maximum absolute atomic E-state index is 12.9. The Morgan fingerprint density at radius 2 is 1.96 bits per heavy atom. The van der Waals surface area contributed by atoms with E-state index in [9.17, 15) is 9.18 Å². The number of hydrogen-bond acceptors (Lipinski definition) is 7. The molecule has 0 spiro atoms. The number of nitrogens with zero attached hydrogens (tertiary/aromatic N) is 6. The number of aromatic nitrogens is 6. The predicted octanol–water partition coefficient (Wildman–Crippen LogP) is 1.71. The number of amides is 1. The molecule has 1 amide bonds. The normalized spacial score (nSPS) is 19.2. The average Bonchev–Trinajstić information content (AvgIpc) is 3.26. The minimum absolute atomic E-state index is 0.0400. The summed E-state index contributed by atoms with van der Waals surface area (Å²) in [6.45, 7) is 0. The van der Waals surface area contributed by atoms with E-state index in [1.54, 1.807) is 18.2 Å². The first-order chi connectivity index (χ1) is 13.7. The summed E-state index contributed by atoms with van der Waals surface area (Å²) in [6, 6.07) is 7.36. The van der Waals surface area contributed by atoms with Gasteiger partial charge in [0.25, 0.3) is 5.91 Å². The van der Waals surface area contributed by atoms with Crippen LogP contribution in [-0.2, 0) is 0 Å². The van der Waals surface area contributed by atoms with Crippen molar-refractivity contribution in [3.63, 3.8) is 0 Å². The molecule has 1 aromatic carbocycles. The summed E-state index contributed by atoms with van der Waals surface area (Å²) < 4.78 is 20.0. The van der Waals surface area contributed by atoms with Crippen LogP contribution in [0.3, 0.4) is 0 Å². The fourth-order valence-corrected chi connectivity index (χ4v) is 3.17. The molecule has 0 saturated heterocycles. The van der Waals surface area contributed by atoms with E-state index in [4.69, 9.17) is 4.74 Å². The highest BCUT2D eigenvalue weighted by Gasteiger charge is 2.24. The zero-order valence-electron chi connectivity index (χ0n) is 14.9. The quantitative estimate of drug-likeness (QED) is 0.714. The number of hydrogen-bond donors (Lipinski definition) is 1. The van der Waals surface area contributed by atoms with Gasteiger partial charge in [-0.1, -0.05) is 6.07 Å². The highest BCUT2D eigenvalue weighted by molar-refractivity contribution is 5.94. The zero-order valence-corrected chi connectivity index (χ0v) is 14.9. The van der Waals surface area contributed by atoms with Gasteiger partial charge < -0.3 is 10.1 Å². The van der Waals surface area contributed by atoms with Crippen LogP contribution in [0.2, 0.25) is 0 Å². The fourth-order valence-electron chi connectivity index (χ4n) is 3.17. The second kappa shape index (κ2) is 8.07. The Morgan fingerprint density at radius 3 is 2.68 bits per heavy atom. The number of rotatable bonds is 5. The first-order valence-corrected chi connectivity index (χ1v) is 8.96. The van der Waals surface area contributed by atoms with Crippen LogP contribution in [0.25, 0.3) is 5.69 Å². The second-order valence-corrected chi connectivity index (χ2v) is 6.55. The highest BCUT2D eigenvalue weighted by atomic mass is 19.1. The molecular formula is C18H18FN7O2. The third-order valence-corrected chi connectivity index (χ3v) is 4.60. The minimum atomic E-state index is -0.497. The minimum Gasteiger partial charge on any atom is -0.460 e. The Balaban J connectivity index is 1.30. The van der Waals surface area contributed by atoms with Crippen LogP contribution in [0.1, 0.15) is 36.0 Å². The van der Waals surface area contributed by atoms with Crippen LogP contribution in [-0.4, -0.2) is 48.2 Å². The Morgan fingerprint density at radius 1 is 1.18 bits per heavy atom. The SMILES string of the molecule is O=C(NC1CCC(Oc2ncc(F)cn2)CC1)c1cccc(-n2cnnn2)c1. The van der Waals surface area contributed by atoms with Crippen LogP contribution in [0.15, 0.2) is 43.0 Å². The van der Waals surface area contributed by atoms with Gasteiger partial charge in [-0.25, -0.2) is 19.0 Å². The summed E-state index contributed by atoms with van der Waals surface area (Å²) in [5, 5.41) is 14.1. The Kier molecular flexibility index (Phi) is 5.18. The average molecular weight is 383 g/mol. The summed E-state index contributed by atoms with van der Waals surface area (Å²) in [7, 11) is 0. The number of nitrogens with one attached hydrogen (secondary N) is 1. The number of carbonyl (C=O) groups excluding carboxylic acids is 1. The van der Waals surface area contributed by atoms with Crippen molar-refractivity contribution in [2.45, 2.75) is 37.8 Å². The van der Waals surface area contributed by atoms with E-state index in [2.05, 4.69) is 30.8 Å². The van der Waals surface area contributed by atoms with E-state index in [-0.39, 0.29) is 24.1 Å². The number of halogens is 1. The van der Waals surface area contributed by atoms with Crippen molar-refractivity contribution in [2.75, 3.05) is 0 Å². The molecule has 0 radical (unpaired) electrons. The van der Waals surface area contributed by atoms with Gasteiger partial charge in [-0.15, -0.1) is 5.10 Å². The Hall–Kier alpha value is -3.43. The van der Waals surface area contributed by atoms with E-state index in [1.165, 1.54) is 11.0 Å². The molecule has 144 valence electrons. The molecule has 1 aliphatic rings. The van der Waals surface area contributed by atoms with Crippen molar-refractivity contribution < 1.29 is 13.9 Å². The molecule has 2 heterocycles. The Bertz CT molecular complexity index is 925. The molecule has 0 bridgehead atoms. The topological polar surface area (TPSA) is 108 Å². The number of carbonyl (C=O) groups is 1. The molecule has 28 heavy (non-hydrogen) atoms. The van der Waals surface area contributed by atoms with Crippen molar-refractivity contribution >= 4 is 5.91 Å². The molecule has 2 aromatic heterocycles. The summed E-state index contributed by atoms with van der Waals surface area (Å²) in [4.78, 5) is 20.2. The molecule has 0 aliphatic heterocycles. The molecule has 0 atom stereocenters. The molecule has 1 fully saturated rings. The maximum Gasteiger partial charge on any atom is 0.316 e. The van der Waals surface area contributed by atoms with Gasteiger partial charge in [0, 0.05) is 11.6 Å². The molecule has 1 aliphatic carbocycles. The lowest BCUT2D eigenvalue weighted by Crippen LogP contribution is -2.39. The molecule has 10 heteroatoms. The smallest absolute Gasteiger partial charge is 0.316 e. The molecule has 9 nitrogen and oxygen atoms in total. The number of ether oxygens (including phenoxy) is 1. The van der Waals surface area contributed by atoms with Gasteiger partial charge in [-0.3, -0.25) is 4.79 Å². The molecule has 1 N–H and O–H groups in total. The summed E-state index contributed by atoms with van der Waals surface area (Å²) >= 11 is 0. The first-order valence-electron chi connectivity index (χ1n) is 8.96. The maximum atomic E-state index is 12.9. The van der Waals surface area contributed by atoms with Gasteiger partial charge >= 0.3 is 6.01 Å². The summed E-state index contributed by atoms with van der Waals surface area (Å²) in [5.41, 5.74) is 1.26. The van der Waals surface area contributed by atoms with Crippen LogP contribution in [0, 0.1) is 5.82 Å².